The van der Waals surface area contributed by atoms with Crippen molar-refractivity contribution in [2.75, 3.05) is 11.9 Å². The van der Waals surface area contributed by atoms with Gasteiger partial charge in [-0.05, 0) is 52.6 Å². The number of hydrogen-bond donors (Lipinski definition) is 1. The number of anilines is 1. The highest BCUT2D eigenvalue weighted by molar-refractivity contribution is 7.10. The molecule has 1 aliphatic heterocycles. The Labute approximate surface area is 166 Å². The lowest BCUT2D eigenvalue weighted by Gasteiger charge is -2.35. The molecule has 3 heterocycles. The number of amides is 2. The average molecular weight is 397 g/mol. The van der Waals surface area contributed by atoms with Crippen LogP contribution in [0.25, 0.3) is 0 Å². The second-order valence-electron chi connectivity index (χ2n) is 6.61. The first-order valence-electron chi connectivity index (χ1n) is 8.87. The molecule has 1 aliphatic rings. The van der Waals surface area contributed by atoms with E-state index in [0.29, 0.717) is 6.42 Å². The topological polar surface area (TPSA) is 49.4 Å². The molecule has 2 amide bonds. The van der Waals surface area contributed by atoms with Crippen LogP contribution in [0.5, 0.6) is 0 Å². The van der Waals surface area contributed by atoms with Gasteiger partial charge in [0.25, 0.3) is 0 Å². The largest absolute Gasteiger partial charge is 0.330 e. The van der Waals surface area contributed by atoms with Gasteiger partial charge in [0.2, 0.25) is 11.8 Å². The van der Waals surface area contributed by atoms with E-state index in [4.69, 9.17) is 0 Å². The summed E-state index contributed by atoms with van der Waals surface area (Å²) in [5.41, 5.74) is 2.97. The Morgan fingerprint density at radius 3 is 2.63 bits per heavy atom. The number of carbonyl (C=O) groups excluding carboxylic acids is 2. The zero-order chi connectivity index (χ0) is 18.8. The van der Waals surface area contributed by atoms with E-state index in [1.165, 1.54) is 22.2 Å². The van der Waals surface area contributed by atoms with Crippen LogP contribution in [0.15, 0.2) is 53.2 Å². The van der Waals surface area contributed by atoms with Gasteiger partial charge in [-0.2, -0.15) is 0 Å². The van der Waals surface area contributed by atoms with Crippen molar-refractivity contribution in [1.82, 2.24) is 4.90 Å². The van der Waals surface area contributed by atoms with Crippen molar-refractivity contribution in [3.63, 3.8) is 0 Å². The van der Waals surface area contributed by atoms with Crippen molar-refractivity contribution in [2.24, 2.45) is 0 Å². The lowest BCUT2D eigenvalue weighted by atomic mass is 9.97. The van der Waals surface area contributed by atoms with Gasteiger partial charge >= 0.3 is 0 Å². The third-order valence-electron chi connectivity index (χ3n) is 4.73. The minimum atomic E-state index is -0.0995. The third kappa shape index (κ3) is 3.82. The molecular formula is C21H20N2O2S2. The van der Waals surface area contributed by atoms with Gasteiger partial charge in [0.1, 0.15) is 0 Å². The Balaban J connectivity index is 1.55. The summed E-state index contributed by atoms with van der Waals surface area (Å²) in [4.78, 5) is 28.9. The lowest BCUT2D eigenvalue weighted by Crippen LogP contribution is -2.40. The van der Waals surface area contributed by atoms with E-state index >= 15 is 0 Å². The lowest BCUT2D eigenvalue weighted by molar-refractivity contribution is -0.132. The van der Waals surface area contributed by atoms with Gasteiger partial charge in [-0.25, -0.2) is 0 Å². The van der Waals surface area contributed by atoms with Gasteiger partial charge < -0.3 is 10.2 Å². The van der Waals surface area contributed by atoms with Crippen LogP contribution in [-0.2, 0) is 22.4 Å². The zero-order valence-electron chi connectivity index (χ0n) is 15.0. The molecule has 0 aliphatic carbocycles. The zero-order valence-corrected chi connectivity index (χ0v) is 16.6. The van der Waals surface area contributed by atoms with E-state index in [9.17, 15) is 9.59 Å². The molecule has 138 valence electrons. The third-order valence-corrected chi connectivity index (χ3v) is 6.65. The predicted molar refractivity (Wildman–Crippen MR) is 110 cm³/mol. The number of rotatable bonds is 4. The monoisotopic (exact) mass is 396 g/mol. The van der Waals surface area contributed by atoms with Crippen molar-refractivity contribution < 1.29 is 9.59 Å². The van der Waals surface area contributed by atoms with E-state index in [1.807, 2.05) is 35.2 Å². The van der Waals surface area contributed by atoms with Gasteiger partial charge in [-0.3, -0.25) is 9.59 Å². The maximum absolute atomic E-state index is 13.1. The number of fused-ring (bicyclic) bond motifs is 1. The quantitative estimate of drug-likeness (QED) is 0.707. The summed E-state index contributed by atoms with van der Waals surface area (Å²) in [7, 11) is 0. The maximum atomic E-state index is 13.1. The van der Waals surface area contributed by atoms with Crippen LogP contribution >= 0.6 is 22.7 Å². The first kappa shape index (κ1) is 17.9. The number of nitrogens with zero attached hydrogens (tertiary/aromatic N) is 1. The molecule has 0 fully saturated rings. The number of benzene rings is 1. The molecule has 4 rings (SSSR count). The number of thiophene rings is 2. The highest BCUT2D eigenvalue weighted by Gasteiger charge is 2.33. The van der Waals surface area contributed by atoms with Gasteiger partial charge in [0.15, 0.2) is 0 Å². The van der Waals surface area contributed by atoms with Crippen LogP contribution in [0.1, 0.15) is 33.8 Å². The summed E-state index contributed by atoms with van der Waals surface area (Å²) in [6.45, 7) is 2.23. The van der Waals surface area contributed by atoms with Crippen LogP contribution in [0.2, 0.25) is 0 Å². The highest BCUT2D eigenvalue weighted by atomic mass is 32.1. The SMILES string of the molecule is CC(=O)Nc1ccc(CC(=O)N2CCc3sccc3[C@@H]2c2cccs2)cc1. The Bertz CT molecular complexity index is 945. The van der Waals surface area contributed by atoms with Gasteiger partial charge in [-0.15, -0.1) is 22.7 Å². The fraction of sp³-hybridized carbons (Fsp3) is 0.238. The van der Waals surface area contributed by atoms with Crippen LogP contribution in [0.3, 0.4) is 0 Å². The maximum Gasteiger partial charge on any atom is 0.227 e. The minimum absolute atomic E-state index is 0.0196. The number of nitrogens with one attached hydrogen (secondary N) is 1. The second-order valence-corrected chi connectivity index (χ2v) is 8.59. The molecule has 0 unspecified atom stereocenters. The minimum Gasteiger partial charge on any atom is -0.330 e. The van der Waals surface area contributed by atoms with Crippen LogP contribution in [-0.4, -0.2) is 23.3 Å². The summed E-state index contributed by atoms with van der Waals surface area (Å²) in [6.07, 6.45) is 1.28. The van der Waals surface area contributed by atoms with Gasteiger partial charge in [0, 0.05) is 28.9 Å². The molecule has 0 bridgehead atoms. The van der Waals surface area contributed by atoms with E-state index in [2.05, 4.69) is 28.2 Å². The van der Waals surface area contributed by atoms with Crippen molar-refractivity contribution in [2.45, 2.75) is 25.8 Å². The fourth-order valence-corrected chi connectivity index (χ4v) is 5.28. The smallest absolute Gasteiger partial charge is 0.227 e. The van der Waals surface area contributed by atoms with E-state index in [1.54, 1.807) is 22.7 Å². The van der Waals surface area contributed by atoms with Crippen LogP contribution < -0.4 is 5.32 Å². The highest BCUT2D eigenvalue weighted by Crippen LogP contribution is 2.39. The Kier molecular flexibility index (Phi) is 5.09. The van der Waals surface area contributed by atoms with Crippen LogP contribution in [0, 0.1) is 0 Å². The first-order valence-corrected chi connectivity index (χ1v) is 10.6. The van der Waals surface area contributed by atoms with Crippen molar-refractivity contribution in [1.29, 1.82) is 0 Å². The standard InChI is InChI=1S/C21H20N2O2S2/c1-14(24)22-16-6-4-15(5-7-16)13-20(25)23-10-8-18-17(9-12-27-18)21(23)19-3-2-11-26-19/h2-7,9,11-12,21H,8,10,13H2,1H3,(H,22,24)/t21-/m1/s1. The van der Waals surface area contributed by atoms with E-state index in [0.717, 1.165) is 24.2 Å². The average Bonchev–Trinajstić information content (AvgIpc) is 3.33. The van der Waals surface area contributed by atoms with Gasteiger partial charge in [-0.1, -0.05) is 18.2 Å². The Morgan fingerprint density at radius 2 is 1.93 bits per heavy atom. The van der Waals surface area contributed by atoms with E-state index in [-0.39, 0.29) is 17.9 Å². The number of carbonyl (C=O) groups is 2. The second kappa shape index (κ2) is 7.66. The Hall–Kier alpha value is -2.44. The van der Waals surface area contributed by atoms with Crippen molar-refractivity contribution in [3.05, 3.63) is 74.1 Å². The molecule has 2 aromatic heterocycles. The molecule has 1 N–H and O–H groups in total. The molecule has 0 saturated heterocycles. The van der Waals surface area contributed by atoms with Crippen molar-refractivity contribution in [3.8, 4) is 0 Å². The Morgan fingerprint density at radius 1 is 1.11 bits per heavy atom. The number of hydrogen-bond acceptors (Lipinski definition) is 4. The van der Waals surface area contributed by atoms with Crippen LogP contribution in [0.4, 0.5) is 5.69 Å². The summed E-state index contributed by atoms with van der Waals surface area (Å²) in [6, 6.07) is 13.8. The molecule has 0 spiro atoms. The molecule has 6 heteroatoms. The summed E-state index contributed by atoms with van der Waals surface area (Å²) < 4.78 is 0. The summed E-state index contributed by atoms with van der Waals surface area (Å²) >= 11 is 3.48. The van der Waals surface area contributed by atoms with Gasteiger partial charge in [0.05, 0.1) is 12.5 Å². The molecular weight excluding hydrogens is 376 g/mol. The predicted octanol–water partition coefficient (Wildman–Crippen LogP) is 4.48. The molecule has 0 radical (unpaired) electrons. The normalized spacial score (nSPS) is 16.0. The summed E-state index contributed by atoms with van der Waals surface area (Å²) in [5, 5.41) is 6.94. The molecule has 3 aromatic rings. The molecule has 0 saturated carbocycles. The van der Waals surface area contributed by atoms with Crippen molar-refractivity contribution >= 4 is 40.2 Å². The first-order chi connectivity index (χ1) is 13.1. The molecule has 27 heavy (non-hydrogen) atoms. The van der Waals surface area contributed by atoms with E-state index < -0.39 is 0 Å². The fourth-order valence-electron chi connectivity index (χ4n) is 3.52. The molecule has 1 atom stereocenters. The molecule has 4 nitrogen and oxygen atoms in total. The molecule has 1 aromatic carbocycles. The summed E-state index contributed by atoms with van der Waals surface area (Å²) in [5.74, 6) is 0.0371.